The molecule has 0 aliphatic heterocycles. The Balaban J connectivity index is 1.83. The lowest BCUT2D eigenvalue weighted by Crippen LogP contribution is -2.06. The van der Waals surface area contributed by atoms with Crippen molar-refractivity contribution < 1.29 is 18.7 Å². The second-order valence-electron chi connectivity index (χ2n) is 5.35. The molecule has 0 aliphatic carbocycles. The molecule has 0 aliphatic rings. The van der Waals surface area contributed by atoms with Gasteiger partial charge in [-0.1, -0.05) is 30.3 Å². The average molecular weight is 340 g/mol. The maximum Gasteiger partial charge on any atom is 0.268 e. The van der Waals surface area contributed by atoms with E-state index in [4.69, 9.17) is 18.7 Å². The molecule has 1 heterocycles. The van der Waals surface area contributed by atoms with Gasteiger partial charge in [0.05, 0.1) is 14.2 Å². The van der Waals surface area contributed by atoms with E-state index >= 15 is 0 Å². The number of methoxy groups -OCH3 is 2. The fourth-order valence-corrected chi connectivity index (χ4v) is 2.43. The summed E-state index contributed by atoms with van der Waals surface area (Å²) in [6, 6.07) is 15.1. The summed E-state index contributed by atoms with van der Waals surface area (Å²) in [7, 11) is 3.18. The number of aromatic nitrogens is 2. The van der Waals surface area contributed by atoms with Gasteiger partial charge in [0.15, 0.2) is 17.6 Å². The Hall–Kier alpha value is -3.02. The summed E-state index contributed by atoms with van der Waals surface area (Å²) >= 11 is 0. The van der Waals surface area contributed by atoms with Gasteiger partial charge in [0.25, 0.3) is 5.89 Å². The van der Waals surface area contributed by atoms with Gasteiger partial charge in [-0.3, -0.25) is 0 Å². The van der Waals surface area contributed by atoms with Gasteiger partial charge in [-0.05, 0) is 36.8 Å². The molecule has 2 aromatic carbocycles. The number of ether oxygens (including phenoxy) is 3. The molecule has 0 radical (unpaired) electrons. The first-order valence-corrected chi connectivity index (χ1v) is 8.02. The quantitative estimate of drug-likeness (QED) is 0.639. The van der Waals surface area contributed by atoms with E-state index in [1.165, 1.54) is 0 Å². The summed E-state index contributed by atoms with van der Waals surface area (Å²) in [5.41, 5.74) is 0.780. The summed E-state index contributed by atoms with van der Waals surface area (Å²) in [6.45, 7) is 2.01. The summed E-state index contributed by atoms with van der Waals surface area (Å²) < 4.78 is 21.9. The predicted molar refractivity (Wildman–Crippen MR) is 92.9 cm³/mol. The number of benzene rings is 2. The summed E-state index contributed by atoms with van der Waals surface area (Å²) in [5, 5.41) is 4.07. The minimum atomic E-state index is -0.302. The number of hydrogen-bond acceptors (Lipinski definition) is 6. The predicted octanol–water partition coefficient (Wildman–Crippen LogP) is 4.28. The van der Waals surface area contributed by atoms with Gasteiger partial charge in [0.1, 0.15) is 5.75 Å². The Bertz CT molecular complexity index is 817. The first-order valence-electron chi connectivity index (χ1n) is 8.02. The van der Waals surface area contributed by atoms with Crippen LogP contribution >= 0.6 is 0 Å². The lowest BCUT2D eigenvalue weighted by Gasteiger charge is -2.13. The monoisotopic (exact) mass is 340 g/mol. The Labute approximate surface area is 146 Å². The molecule has 130 valence electrons. The molecular weight excluding hydrogens is 320 g/mol. The lowest BCUT2D eigenvalue weighted by atomic mass is 10.2. The van der Waals surface area contributed by atoms with Crippen LogP contribution in [0, 0.1) is 0 Å². The molecule has 6 nitrogen and oxygen atoms in total. The maximum atomic E-state index is 5.94. The molecule has 0 unspecified atom stereocenters. The van der Waals surface area contributed by atoms with E-state index in [2.05, 4.69) is 10.1 Å². The normalized spacial score (nSPS) is 11.8. The SMILES string of the molecule is CC[C@H](Oc1ccccc1)c1nc(-c2ccc(OC)c(OC)c2)no1. The van der Waals surface area contributed by atoms with Crippen LogP contribution < -0.4 is 14.2 Å². The van der Waals surface area contributed by atoms with Gasteiger partial charge in [0, 0.05) is 5.56 Å². The molecule has 1 atom stereocenters. The Morgan fingerprint density at radius 2 is 1.76 bits per heavy atom. The number of para-hydroxylation sites is 1. The third-order valence-corrected chi connectivity index (χ3v) is 3.75. The van der Waals surface area contributed by atoms with Gasteiger partial charge in [-0.15, -0.1) is 0 Å². The fourth-order valence-electron chi connectivity index (χ4n) is 2.43. The summed E-state index contributed by atoms with van der Waals surface area (Å²) in [4.78, 5) is 4.48. The largest absolute Gasteiger partial charge is 0.493 e. The highest BCUT2D eigenvalue weighted by atomic mass is 16.5. The smallest absolute Gasteiger partial charge is 0.268 e. The van der Waals surface area contributed by atoms with E-state index < -0.39 is 0 Å². The second kappa shape index (κ2) is 7.70. The Kier molecular flexibility index (Phi) is 5.18. The van der Waals surface area contributed by atoms with E-state index in [-0.39, 0.29) is 6.10 Å². The summed E-state index contributed by atoms with van der Waals surface area (Å²) in [5.74, 6) is 2.94. The first kappa shape index (κ1) is 16.8. The van der Waals surface area contributed by atoms with Crippen molar-refractivity contribution in [2.24, 2.45) is 0 Å². The third-order valence-electron chi connectivity index (χ3n) is 3.75. The van der Waals surface area contributed by atoms with Crippen molar-refractivity contribution in [2.75, 3.05) is 14.2 Å². The summed E-state index contributed by atoms with van der Waals surface area (Å²) in [6.07, 6.45) is 0.409. The van der Waals surface area contributed by atoms with Crippen molar-refractivity contribution >= 4 is 0 Å². The van der Waals surface area contributed by atoms with Crippen LogP contribution in [0.3, 0.4) is 0 Å². The zero-order valence-electron chi connectivity index (χ0n) is 14.4. The molecule has 25 heavy (non-hydrogen) atoms. The Morgan fingerprint density at radius 3 is 2.44 bits per heavy atom. The zero-order chi connectivity index (χ0) is 17.6. The molecule has 0 spiro atoms. The molecule has 0 saturated carbocycles. The highest BCUT2D eigenvalue weighted by molar-refractivity contribution is 5.60. The van der Waals surface area contributed by atoms with E-state index in [0.717, 1.165) is 11.3 Å². The van der Waals surface area contributed by atoms with Gasteiger partial charge >= 0.3 is 0 Å². The minimum Gasteiger partial charge on any atom is -0.493 e. The first-order chi connectivity index (χ1) is 12.2. The fraction of sp³-hybridized carbons (Fsp3) is 0.263. The van der Waals surface area contributed by atoms with Crippen LogP contribution in [0.5, 0.6) is 17.2 Å². The van der Waals surface area contributed by atoms with Crippen LogP contribution in [-0.2, 0) is 0 Å². The van der Waals surface area contributed by atoms with Gasteiger partial charge in [-0.25, -0.2) is 0 Å². The van der Waals surface area contributed by atoms with Gasteiger partial charge < -0.3 is 18.7 Å². The molecule has 0 fully saturated rings. The molecule has 3 rings (SSSR count). The molecule has 0 saturated heterocycles. The molecule has 0 amide bonds. The topological polar surface area (TPSA) is 66.6 Å². The Morgan fingerprint density at radius 1 is 1.00 bits per heavy atom. The average Bonchev–Trinajstić information content (AvgIpc) is 3.16. The van der Waals surface area contributed by atoms with E-state index in [1.54, 1.807) is 14.2 Å². The van der Waals surface area contributed by atoms with Crippen molar-refractivity contribution in [3.8, 4) is 28.6 Å². The second-order valence-corrected chi connectivity index (χ2v) is 5.35. The minimum absolute atomic E-state index is 0.302. The van der Waals surface area contributed by atoms with Crippen molar-refractivity contribution in [2.45, 2.75) is 19.4 Å². The van der Waals surface area contributed by atoms with E-state index in [9.17, 15) is 0 Å². The molecule has 3 aromatic rings. The molecule has 6 heteroatoms. The molecule has 0 N–H and O–H groups in total. The van der Waals surface area contributed by atoms with Crippen molar-refractivity contribution in [3.63, 3.8) is 0 Å². The van der Waals surface area contributed by atoms with Crippen LogP contribution in [0.25, 0.3) is 11.4 Å². The number of hydrogen-bond donors (Lipinski definition) is 0. The van der Waals surface area contributed by atoms with E-state index in [0.29, 0.717) is 29.6 Å². The highest BCUT2D eigenvalue weighted by Crippen LogP contribution is 2.32. The number of rotatable bonds is 7. The van der Waals surface area contributed by atoms with Crippen LogP contribution in [0.2, 0.25) is 0 Å². The maximum absolute atomic E-state index is 5.94. The van der Waals surface area contributed by atoms with Crippen LogP contribution in [0.4, 0.5) is 0 Å². The molecule has 0 bridgehead atoms. The molecule has 1 aromatic heterocycles. The van der Waals surface area contributed by atoms with Crippen molar-refractivity contribution in [1.29, 1.82) is 0 Å². The van der Waals surface area contributed by atoms with Crippen LogP contribution in [0.1, 0.15) is 25.3 Å². The molecular formula is C19H20N2O4. The lowest BCUT2D eigenvalue weighted by molar-refractivity contribution is 0.154. The van der Waals surface area contributed by atoms with Crippen LogP contribution in [-0.4, -0.2) is 24.4 Å². The zero-order valence-corrected chi connectivity index (χ0v) is 14.4. The highest BCUT2D eigenvalue weighted by Gasteiger charge is 2.20. The standard InChI is InChI=1S/C19H20N2O4/c1-4-15(24-14-8-6-5-7-9-14)19-20-18(21-25-19)13-10-11-16(22-2)17(12-13)23-3/h5-12,15H,4H2,1-3H3/t15-/m0/s1. The van der Waals surface area contributed by atoms with Crippen LogP contribution in [0.15, 0.2) is 53.1 Å². The van der Waals surface area contributed by atoms with Crippen molar-refractivity contribution in [3.05, 3.63) is 54.4 Å². The number of nitrogens with zero attached hydrogens (tertiary/aromatic N) is 2. The van der Waals surface area contributed by atoms with Gasteiger partial charge in [-0.2, -0.15) is 4.98 Å². The third kappa shape index (κ3) is 3.74. The van der Waals surface area contributed by atoms with E-state index in [1.807, 2.05) is 55.5 Å². The van der Waals surface area contributed by atoms with Crippen molar-refractivity contribution in [1.82, 2.24) is 10.1 Å². The van der Waals surface area contributed by atoms with Gasteiger partial charge in [0.2, 0.25) is 5.82 Å².